The normalized spacial score (nSPS) is 16.7. The van der Waals surface area contributed by atoms with E-state index in [4.69, 9.17) is 9.72 Å². The van der Waals surface area contributed by atoms with E-state index in [2.05, 4.69) is 10.3 Å². The first kappa shape index (κ1) is 23.5. The molecule has 1 aromatic heterocycles. The van der Waals surface area contributed by atoms with E-state index in [1.54, 1.807) is 18.4 Å². The van der Waals surface area contributed by atoms with Gasteiger partial charge < -0.3 is 14.5 Å². The Balaban J connectivity index is 1.10. The molecule has 0 N–H and O–H groups in total. The zero-order chi connectivity index (χ0) is 24.2. The van der Waals surface area contributed by atoms with Gasteiger partial charge >= 0.3 is 0 Å². The van der Waals surface area contributed by atoms with E-state index in [1.807, 2.05) is 58.3 Å². The van der Waals surface area contributed by atoms with Crippen molar-refractivity contribution in [2.24, 2.45) is 0 Å². The lowest BCUT2D eigenvalue weighted by atomic mass is 10.1. The highest BCUT2D eigenvalue weighted by atomic mass is 32.1. The van der Waals surface area contributed by atoms with Crippen molar-refractivity contribution < 1.29 is 14.3 Å². The summed E-state index contributed by atoms with van der Waals surface area (Å²) >= 11 is 1.66. The second-order valence-corrected chi connectivity index (χ2v) is 9.88. The molecular formula is C27H30N4O3S. The number of methoxy groups -OCH3 is 1. The van der Waals surface area contributed by atoms with E-state index in [9.17, 15) is 9.59 Å². The highest BCUT2D eigenvalue weighted by molar-refractivity contribution is 7.13. The average molecular weight is 491 g/mol. The SMILES string of the molecule is COc1ccc(-c2nc(CN3CCN(C(=O)Cc4ccc(N5CCCC5=O)cc4)CC3)cs2)cc1. The summed E-state index contributed by atoms with van der Waals surface area (Å²) in [7, 11) is 1.67. The van der Waals surface area contributed by atoms with Gasteiger partial charge in [-0.05, 0) is 48.4 Å². The summed E-state index contributed by atoms with van der Waals surface area (Å²) in [5.41, 5.74) is 4.07. The largest absolute Gasteiger partial charge is 0.497 e. The molecule has 2 aliphatic heterocycles. The Kier molecular flexibility index (Phi) is 7.11. The molecule has 0 radical (unpaired) electrons. The molecule has 2 fully saturated rings. The van der Waals surface area contributed by atoms with Gasteiger partial charge in [0, 0.05) is 62.3 Å². The lowest BCUT2D eigenvalue weighted by molar-refractivity contribution is -0.132. The number of ether oxygens (including phenoxy) is 1. The van der Waals surface area contributed by atoms with E-state index >= 15 is 0 Å². The van der Waals surface area contributed by atoms with Gasteiger partial charge in [0.1, 0.15) is 10.8 Å². The lowest BCUT2D eigenvalue weighted by Gasteiger charge is -2.34. The number of carbonyl (C=O) groups excluding carboxylic acids is 2. The molecule has 0 atom stereocenters. The molecule has 182 valence electrons. The Morgan fingerprint density at radius 3 is 2.40 bits per heavy atom. The first-order valence-electron chi connectivity index (χ1n) is 12.1. The molecule has 2 aromatic carbocycles. The van der Waals surface area contributed by atoms with Crippen LogP contribution in [-0.4, -0.2) is 66.4 Å². The summed E-state index contributed by atoms with van der Waals surface area (Å²) in [6, 6.07) is 15.8. The average Bonchev–Trinajstić information content (AvgIpc) is 3.54. The molecule has 7 nitrogen and oxygen atoms in total. The van der Waals surface area contributed by atoms with Crippen LogP contribution in [0.3, 0.4) is 0 Å². The molecule has 0 spiro atoms. The molecule has 35 heavy (non-hydrogen) atoms. The van der Waals surface area contributed by atoms with Crippen molar-refractivity contribution in [3.05, 3.63) is 65.2 Å². The molecule has 2 saturated heterocycles. The Labute approximate surface area is 209 Å². The smallest absolute Gasteiger partial charge is 0.227 e. The minimum absolute atomic E-state index is 0.157. The van der Waals surface area contributed by atoms with Crippen molar-refractivity contribution >= 4 is 28.8 Å². The number of carbonyl (C=O) groups is 2. The summed E-state index contributed by atoms with van der Waals surface area (Å²) in [4.78, 5) is 35.7. The van der Waals surface area contributed by atoms with Crippen LogP contribution < -0.4 is 9.64 Å². The highest BCUT2D eigenvalue weighted by Gasteiger charge is 2.23. The van der Waals surface area contributed by atoms with Crippen LogP contribution in [-0.2, 0) is 22.6 Å². The molecule has 3 heterocycles. The van der Waals surface area contributed by atoms with Crippen molar-refractivity contribution in [1.29, 1.82) is 0 Å². The number of benzene rings is 2. The summed E-state index contributed by atoms with van der Waals surface area (Å²) < 4.78 is 5.23. The lowest BCUT2D eigenvalue weighted by Crippen LogP contribution is -2.48. The van der Waals surface area contributed by atoms with E-state index < -0.39 is 0 Å². The van der Waals surface area contributed by atoms with Crippen LogP contribution in [0.15, 0.2) is 53.9 Å². The predicted molar refractivity (Wildman–Crippen MR) is 138 cm³/mol. The monoisotopic (exact) mass is 490 g/mol. The van der Waals surface area contributed by atoms with Gasteiger partial charge in [0.05, 0.1) is 19.2 Å². The van der Waals surface area contributed by atoms with Gasteiger partial charge in [-0.2, -0.15) is 0 Å². The fourth-order valence-corrected chi connectivity index (χ4v) is 5.45. The Hall–Kier alpha value is -3.23. The second-order valence-electron chi connectivity index (χ2n) is 9.02. The number of hydrogen-bond donors (Lipinski definition) is 0. The zero-order valence-corrected chi connectivity index (χ0v) is 20.8. The van der Waals surface area contributed by atoms with Crippen molar-refractivity contribution in [2.45, 2.75) is 25.8 Å². The third-order valence-electron chi connectivity index (χ3n) is 6.68. The maximum absolute atomic E-state index is 12.9. The number of thiazole rings is 1. The maximum Gasteiger partial charge on any atom is 0.227 e. The number of amides is 2. The minimum atomic E-state index is 0.157. The molecule has 8 heteroatoms. The van der Waals surface area contributed by atoms with Crippen LogP contribution in [0, 0.1) is 0 Å². The minimum Gasteiger partial charge on any atom is -0.497 e. The van der Waals surface area contributed by atoms with Gasteiger partial charge in [-0.15, -0.1) is 11.3 Å². The number of piperazine rings is 1. The predicted octanol–water partition coefficient (Wildman–Crippen LogP) is 3.83. The quantitative estimate of drug-likeness (QED) is 0.504. The highest BCUT2D eigenvalue weighted by Crippen LogP contribution is 2.26. The van der Waals surface area contributed by atoms with E-state index in [0.717, 1.165) is 79.0 Å². The van der Waals surface area contributed by atoms with Gasteiger partial charge in [-0.1, -0.05) is 12.1 Å². The molecule has 5 rings (SSSR count). The fraction of sp³-hybridized carbons (Fsp3) is 0.370. The van der Waals surface area contributed by atoms with Gasteiger partial charge in [0.25, 0.3) is 0 Å². The summed E-state index contributed by atoms with van der Waals surface area (Å²) in [6.07, 6.45) is 1.93. The first-order valence-corrected chi connectivity index (χ1v) is 13.0. The van der Waals surface area contributed by atoms with Crippen LogP contribution in [0.1, 0.15) is 24.1 Å². The van der Waals surface area contributed by atoms with Crippen LogP contribution in [0.25, 0.3) is 10.6 Å². The number of anilines is 1. The van der Waals surface area contributed by atoms with Crippen LogP contribution in [0.4, 0.5) is 5.69 Å². The van der Waals surface area contributed by atoms with Crippen molar-refractivity contribution in [3.63, 3.8) is 0 Å². The van der Waals surface area contributed by atoms with Gasteiger partial charge in [-0.25, -0.2) is 4.98 Å². The molecule has 3 aromatic rings. The topological polar surface area (TPSA) is 66.0 Å². The summed E-state index contributed by atoms with van der Waals surface area (Å²) in [6.45, 7) is 4.73. The maximum atomic E-state index is 12.9. The van der Waals surface area contributed by atoms with Crippen LogP contribution in [0.2, 0.25) is 0 Å². The standard InChI is InChI=1S/C27H30N4O3S/c1-34-24-10-6-21(7-11-24)27-28-22(19-35-27)18-29-13-15-30(16-14-29)26(33)17-20-4-8-23(9-5-20)31-12-2-3-25(31)32/h4-11,19H,2-3,12-18H2,1H3. The molecule has 0 unspecified atom stereocenters. The Bertz CT molecular complexity index is 1170. The van der Waals surface area contributed by atoms with Crippen molar-refractivity contribution in [2.75, 3.05) is 44.7 Å². The summed E-state index contributed by atoms with van der Waals surface area (Å²) in [5.74, 6) is 1.18. The van der Waals surface area contributed by atoms with Gasteiger partial charge in [0.2, 0.25) is 11.8 Å². The van der Waals surface area contributed by atoms with Crippen molar-refractivity contribution in [1.82, 2.24) is 14.8 Å². The first-order chi connectivity index (χ1) is 17.1. The van der Waals surface area contributed by atoms with Crippen LogP contribution in [0.5, 0.6) is 5.75 Å². The fourth-order valence-electron chi connectivity index (χ4n) is 4.63. The molecular weight excluding hydrogens is 460 g/mol. The van der Waals surface area contributed by atoms with E-state index in [-0.39, 0.29) is 11.8 Å². The zero-order valence-electron chi connectivity index (χ0n) is 20.0. The molecule has 2 aliphatic rings. The Morgan fingerprint density at radius 2 is 1.74 bits per heavy atom. The van der Waals surface area contributed by atoms with Crippen molar-refractivity contribution in [3.8, 4) is 16.3 Å². The number of rotatable bonds is 7. The number of aromatic nitrogens is 1. The summed E-state index contributed by atoms with van der Waals surface area (Å²) in [5, 5.41) is 3.13. The van der Waals surface area contributed by atoms with Crippen LogP contribution >= 0.6 is 11.3 Å². The third kappa shape index (κ3) is 5.55. The number of nitrogens with zero attached hydrogens (tertiary/aromatic N) is 4. The van der Waals surface area contributed by atoms with Gasteiger partial charge in [-0.3, -0.25) is 14.5 Å². The van der Waals surface area contributed by atoms with Gasteiger partial charge in [0.15, 0.2) is 0 Å². The molecule has 0 saturated carbocycles. The Morgan fingerprint density at radius 1 is 1.00 bits per heavy atom. The molecule has 2 amide bonds. The number of hydrogen-bond acceptors (Lipinski definition) is 6. The third-order valence-corrected chi connectivity index (χ3v) is 7.62. The second kappa shape index (κ2) is 10.6. The van der Waals surface area contributed by atoms with E-state index in [0.29, 0.717) is 12.8 Å². The molecule has 0 aliphatic carbocycles. The van der Waals surface area contributed by atoms with E-state index in [1.165, 1.54) is 0 Å². The molecule has 0 bridgehead atoms.